The minimum atomic E-state index is 0.332. The fraction of sp³-hybridized carbons (Fsp3) is 0.316. The number of hydrogen-bond acceptors (Lipinski definition) is 3. The monoisotopic (exact) mass is 340 g/mol. The maximum absolute atomic E-state index is 5.63. The van der Waals surface area contributed by atoms with Crippen LogP contribution < -0.4 is 14.8 Å². The van der Waals surface area contributed by atoms with Crippen LogP contribution in [0, 0.1) is 0 Å². The van der Waals surface area contributed by atoms with Crippen LogP contribution in [-0.2, 0) is 6.42 Å². The Morgan fingerprint density at radius 1 is 1.12 bits per heavy atom. The fourth-order valence-electron chi connectivity index (χ4n) is 3.41. The Morgan fingerprint density at radius 2 is 1.92 bits per heavy atom. The Kier molecular flexibility index (Phi) is 4.02. The summed E-state index contributed by atoms with van der Waals surface area (Å²) in [5.74, 6) is 1.55. The molecule has 24 heavy (non-hydrogen) atoms. The summed E-state index contributed by atoms with van der Waals surface area (Å²) in [6.45, 7) is 1.18. The SMILES string of the molecule is CN(C(=S)Nc1ccc2c(c1)OCCO2)[C@@H]1CCc2ccccc21. The molecule has 0 saturated carbocycles. The second-order valence-corrected chi connectivity index (χ2v) is 6.54. The van der Waals surface area contributed by atoms with Gasteiger partial charge in [-0.1, -0.05) is 24.3 Å². The molecule has 1 N–H and O–H groups in total. The first-order valence-corrected chi connectivity index (χ1v) is 8.64. The van der Waals surface area contributed by atoms with Crippen molar-refractivity contribution in [2.24, 2.45) is 0 Å². The predicted molar refractivity (Wildman–Crippen MR) is 98.9 cm³/mol. The highest BCUT2D eigenvalue weighted by molar-refractivity contribution is 7.80. The highest BCUT2D eigenvalue weighted by Crippen LogP contribution is 2.36. The number of nitrogens with zero attached hydrogens (tertiary/aromatic N) is 1. The summed E-state index contributed by atoms with van der Waals surface area (Å²) in [5.41, 5.74) is 3.73. The lowest BCUT2D eigenvalue weighted by Crippen LogP contribution is -2.33. The Morgan fingerprint density at radius 3 is 2.79 bits per heavy atom. The quantitative estimate of drug-likeness (QED) is 0.842. The standard InChI is InChI=1S/C19H20N2O2S/c1-21(16-8-6-13-4-2-3-5-15(13)16)19(24)20-14-7-9-17-18(12-14)23-11-10-22-17/h2-5,7,9,12,16H,6,8,10-11H2,1H3,(H,20,24)/t16-/m1/s1. The Labute approximate surface area is 147 Å². The van der Waals surface area contributed by atoms with Crippen molar-refractivity contribution in [3.8, 4) is 11.5 Å². The maximum Gasteiger partial charge on any atom is 0.173 e. The summed E-state index contributed by atoms with van der Waals surface area (Å²) in [7, 11) is 2.06. The van der Waals surface area contributed by atoms with E-state index in [-0.39, 0.29) is 0 Å². The first-order valence-electron chi connectivity index (χ1n) is 8.23. The lowest BCUT2D eigenvalue weighted by Gasteiger charge is -2.28. The normalized spacial score (nSPS) is 18.0. The van der Waals surface area contributed by atoms with Gasteiger partial charge >= 0.3 is 0 Å². The van der Waals surface area contributed by atoms with Gasteiger partial charge in [-0.05, 0) is 48.3 Å². The first kappa shape index (κ1) is 15.3. The summed E-state index contributed by atoms with van der Waals surface area (Å²) >= 11 is 5.62. The molecular weight excluding hydrogens is 320 g/mol. The lowest BCUT2D eigenvalue weighted by atomic mass is 10.1. The molecule has 1 aliphatic carbocycles. The molecule has 124 valence electrons. The molecule has 0 saturated heterocycles. The first-order chi connectivity index (χ1) is 11.7. The van der Waals surface area contributed by atoms with Gasteiger partial charge in [0.1, 0.15) is 13.2 Å². The summed E-state index contributed by atoms with van der Waals surface area (Å²) in [4.78, 5) is 2.15. The van der Waals surface area contributed by atoms with Gasteiger partial charge in [0.25, 0.3) is 0 Å². The minimum Gasteiger partial charge on any atom is -0.486 e. The molecule has 0 spiro atoms. The topological polar surface area (TPSA) is 33.7 Å². The van der Waals surface area contributed by atoms with E-state index in [2.05, 4.69) is 41.5 Å². The molecule has 4 nitrogen and oxygen atoms in total. The fourth-order valence-corrected chi connectivity index (χ4v) is 3.66. The second-order valence-electron chi connectivity index (χ2n) is 6.15. The summed E-state index contributed by atoms with van der Waals surface area (Å²) in [5, 5.41) is 4.04. The Bertz CT molecular complexity index is 778. The van der Waals surface area contributed by atoms with E-state index in [9.17, 15) is 0 Å². The zero-order chi connectivity index (χ0) is 16.5. The van der Waals surface area contributed by atoms with Crippen LogP contribution in [0.2, 0.25) is 0 Å². The average molecular weight is 340 g/mol. The number of ether oxygens (including phenoxy) is 2. The van der Waals surface area contributed by atoms with Crippen molar-refractivity contribution >= 4 is 23.0 Å². The van der Waals surface area contributed by atoms with Crippen LogP contribution in [0.3, 0.4) is 0 Å². The van der Waals surface area contributed by atoms with Crippen molar-refractivity contribution in [2.75, 3.05) is 25.6 Å². The van der Waals surface area contributed by atoms with Crippen LogP contribution in [0.4, 0.5) is 5.69 Å². The van der Waals surface area contributed by atoms with E-state index in [1.54, 1.807) is 0 Å². The maximum atomic E-state index is 5.63. The molecular formula is C19H20N2O2S. The molecule has 1 atom stereocenters. The van der Waals surface area contributed by atoms with Gasteiger partial charge in [-0.25, -0.2) is 0 Å². The molecule has 2 aliphatic rings. The van der Waals surface area contributed by atoms with Gasteiger partial charge in [-0.2, -0.15) is 0 Å². The molecule has 1 aliphatic heterocycles. The van der Waals surface area contributed by atoms with E-state index >= 15 is 0 Å². The van der Waals surface area contributed by atoms with E-state index in [1.165, 1.54) is 11.1 Å². The van der Waals surface area contributed by atoms with Gasteiger partial charge in [0.2, 0.25) is 0 Å². The largest absolute Gasteiger partial charge is 0.486 e. The van der Waals surface area contributed by atoms with Crippen LogP contribution in [0.15, 0.2) is 42.5 Å². The number of thiocarbonyl (C=S) groups is 1. The summed E-state index contributed by atoms with van der Waals surface area (Å²) in [6, 6.07) is 14.8. The van der Waals surface area contributed by atoms with E-state index in [1.807, 2.05) is 18.2 Å². The minimum absolute atomic E-state index is 0.332. The smallest absolute Gasteiger partial charge is 0.173 e. The van der Waals surface area contributed by atoms with E-state index in [0.717, 1.165) is 30.0 Å². The summed E-state index contributed by atoms with van der Waals surface area (Å²) < 4.78 is 11.2. The molecule has 1 heterocycles. The van der Waals surface area contributed by atoms with Gasteiger partial charge < -0.3 is 19.7 Å². The number of aryl methyl sites for hydroxylation is 1. The number of hydrogen-bond donors (Lipinski definition) is 1. The van der Waals surface area contributed by atoms with Gasteiger partial charge in [0.05, 0.1) is 6.04 Å². The molecule has 0 aromatic heterocycles. The highest BCUT2D eigenvalue weighted by atomic mass is 32.1. The number of rotatable bonds is 2. The van der Waals surface area contributed by atoms with Crippen molar-refractivity contribution in [1.29, 1.82) is 0 Å². The molecule has 0 radical (unpaired) electrons. The summed E-state index contributed by atoms with van der Waals surface area (Å²) in [6.07, 6.45) is 2.20. The van der Waals surface area contributed by atoms with Gasteiger partial charge in [-0.15, -0.1) is 0 Å². The van der Waals surface area contributed by atoms with Gasteiger partial charge in [0, 0.05) is 18.8 Å². The third kappa shape index (κ3) is 2.80. The average Bonchev–Trinajstić information content (AvgIpc) is 3.05. The van der Waals surface area contributed by atoms with Crippen LogP contribution in [0.1, 0.15) is 23.6 Å². The molecule has 0 fully saturated rings. The molecule has 0 bridgehead atoms. The Balaban J connectivity index is 1.48. The predicted octanol–water partition coefficient (Wildman–Crippen LogP) is 3.77. The van der Waals surface area contributed by atoms with E-state index in [0.29, 0.717) is 24.4 Å². The zero-order valence-corrected chi connectivity index (χ0v) is 14.4. The number of fused-ring (bicyclic) bond motifs is 2. The zero-order valence-electron chi connectivity index (χ0n) is 13.6. The van der Waals surface area contributed by atoms with Crippen molar-refractivity contribution in [2.45, 2.75) is 18.9 Å². The van der Waals surface area contributed by atoms with Gasteiger partial charge in [-0.3, -0.25) is 0 Å². The van der Waals surface area contributed by atoms with Crippen LogP contribution in [-0.4, -0.2) is 30.3 Å². The van der Waals surface area contributed by atoms with Crippen LogP contribution in [0.25, 0.3) is 0 Å². The van der Waals surface area contributed by atoms with Crippen molar-refractivity contribution in [3.63, 3.8) is 0 Å². The van der Waals surface area contributed by atoms with Crippen molar-refractivity contribution in [1.82, 2.24) is 4.90 Å². The molecule has 0 unspecified atom stereocenters. The highest BCUT2D eigenvalue weighted by Gasteiger charge is 2.27. The third-order valence-electron chi connectivity index (χ3n) is 4.68. The second kappa shape index (κ2) is 6.32. The number of anilines is 1. The van der Waals surface area contributed by atoms with E-state index in [4.69, 9.17) is 21.7 Å². The van der Waals surface area contributed by atoms with E-state index < -0.39 is 0 Å². The van der Waals surface area contributed by atoms with Crippen molar-refractivity contribution in [3.05, 3.63) is 53.6 Å². The molecule has 5 heteroatoms. The molecule has 2 aromatic rings. The van der Waals surface area contributed by atoms with Crippen LogP contribution in [0.5, 0.6) is 11.5 Å². The van der Waals surface area contributed by atoms with Crippen LogP contribution >= 0.6 is 12.2 Å². The molecule has 0 amide bonds. The lowest BCUT2D eigenvalue weighted by molar-refractivity contribution is 0.171. The van der Waals surface area contributed by atoms with Gasteiger partial charge in [0.15, 0.2) is 16.6 Å². The third-order valence-corrected chi connectivity index (χ3v) is 5.07. The molecule has 2 aromatic carbocycles. The number of benzene rings is 2. The van der Waals surface area contributed by atoms with Crippen molar-refractivity contribution < 1.29 is 9.47 Å². The molecule has 4 rings (SSSR count). The number of nitrogens with one attached hydrogen (secondary N) is 1. The Hall–Kier alpha value is -2.27.